The second-order valence-electron chi connectivity index (χ2n) is 5.96. The Morgan fingerprint density at radius 3 is 2.68 bits per heavy atom. The van der Waals surface area contributed by atoms with Gasteiger partial charge in [0.15, 0.2) is 0 Å². The van der Waals surface area contributed by atoms with E-state index in [0.29, 0.717) is 25.9 Å². The van der Waals surface area contributed by atoms with Crippen molar-refractivity contribution < 1.29 is 18.3 Å². The summed E-state index contributed by atoms with van der Waals surface area (Å²) in [6.07, 6.45) is 4.14. The molecule has 0 atom stereocenters. The van der Waals surface area contributed by atoms with Crippen LogP contribution in [-0.4, -0.2) is 42.0 Å². The summed E-state index contributed by atoms with van der Waals surface area (Å²) in [6, 6.07) is 0. The molecule has 0 aromatic heterocycles. The van der Waals surface area contributed by atoms with Gasteiger partial charge in [0, 0.05) is 19.0 Å². The van der Waals surface area contributed by atoms with E-state index in [1.54, 1.807) is 31.7 Å². The van der Waals surface area contributed by atoms with E-state index >= 15 is 0 Å². The van der Waals surface area contributed by atoms with Crippen LogP contribution in [0.25, 0.3) is 0 Å². The van der Waals surface area contributed by atoms with Crippen molar-refractivity contribution in [2.75, 3.05) is 19.6 Å². The Labute approximate surface area is 113 Å². The third-order valence-corrected chi connectivity index (χ3v) is 2.74. The number of nitrogens with zero attached hydrogens (tertiary/aromatic N) is 1. The summed E-state index contributed by atoms with van der Waals surface area (Å²) in [5.41, 5.74) is -0.504. The first-order chi connectivity index (χ1) is 8.68. The highest BCUT2D eigenvalue weighted by atomic mass is 19.3. The number of piperidine rings is 1. The van der Waals surface area contributed by atoms with Crippen molar-refractivity contribution in [1.82, 2.24) is 4.90 Å². The number of esters is 1. The minimum Gasteiger partial charge on any atom is -0.457 e. The molecule has 0 bridgehead atoms. The summed E-state index contributed by atoms with van der Waals surface area (Å²) >= 11 is 0. The van der Waals surface area contributed by atoms with Crippen LogP contribution in [0.2, 0.25) is 0 Å². The molecule has 0 aromatic carbocycles. The summed E-state index contributed by atoms with van der Waals surface area (Å²) < 4.78 is 31.4. The molecule has 1 fully saturated rings. The van der Waals surface area contributed by atoms with E-state index in [-0.39, 0.29) is 13.0 Å². The molecule has 1 rings (SSSR count). The monoisotopic (exact) mass is 275 g/mol. The molecule has 0 amide bonds. The van der Waals surface area contributed by atoms with Crippen LogP contribution in [-0.2, 0) is 9.53 Å². The molecule has 5 heteroatoms. The predicted molar refractivity (Wildman–Crippen MR) is 70.2 cm³/mol. The highest BCUT2D eigenvalue weighted by molar-refractivity contribution is 5.82. The quantitative estimate of drug-likeness (QED) is 0.583. The number of alkyl halides is 2. The van der Waals surface area contributed by atoms with Crippen molar-refractivity contribution in [3.8, 4) is 0 Å². The molecule has 3 nitrogen and oxygen atoms in total. The van der Waals surface area contributed by atoms with E-state index in [9.17, 15) is 13.6 Å². The second-order valence-corrected chi connectivity index (χ2v) is 5.96. The normalized spacial score (nSPS) is 20.7. The average Bonchev–Trinajstić information content (AvgIpc) is 2.20. The van der Waals surface area contributed by atoms with Gasteiger partial charge in [-0.3, -0.25) is 4.90 Å². The first-order valence-corrected chi connectivity index (χ1v) is 6.68. The topological polar surface area (TPSA) is 29.5 Å². The fourth-order valence-electron chi connectivity index (χ4n) is 2.01. The molecule has 19 heavy (non-hydrogen) atoms. The van der Waals surface area contributed by atoms with Crippen LogP contribution in [0.1, 0.15) is 40.0 Å². The minimum absolute atomic E-state index is 0.0166. The molecule has 1 saturated heterocycles. The van der Waals surface area contributed by atoms with Crippen molar-refractivity contribution >= 4 is 5.97 Å². The van der Waals surface area contributed by atoms with Crippen LogP contribution in [0, 0.1) is 0 Å². The first-order valence-electron chi connectivity index (χ1n) is 6.68. The van der Waals surface area contributed by atoms with Gasteiger partial charge in [-0.05, 0) is 40.2 Å². The van der Waals surface area contributed by atoms with Gasteiger partial charge in [-0.15, -0.1) is 0 Å². The smallest absolute Gasteiger partial charge is 0.330 e. The Bertz CT molecular complexity index is 335. The van der Waals surface area contributed by atoms with Gasteiger partial charge in [-0.2, -0.15) is 0 Å². The molecule has 0 aromatic rings. The zero-order valence-electron chi connectivity index (χ0n) is 11.9. The summed E-state index contributed by atoms with van der Waals surface area (Å²) in [6.45, 7) is 6.48. The Morgan fingerprint density at radius 1 is 1.42 bits per heavy atom. The second kappa shape index (κ2) is 6.46. The van der Waals surface area contributed by atoms with Crippen molar-refractivity contribution in [2.24, 2.45) is 0 Å². The molecule has 0 saturated carbocycles. The van der Waals surface area contributed by atoms with Gasteiger partial charge in [-0.1, -0.05) is 6.08 Å². The number of hydrogen-bond donors (Lipinski definition) is 0. The largest absolute Gasteiger partial charge is 0.457 e. The number of hydrogen-bond acceptors (Lipinski definition) is 3. The van der Waals surface area contributed by atoms with E-state index in [2.05, 4.69) is 0 Å². The van der Waals surface area contributed by atoms with Crippen LogP contribution in [0.4, 0.5) is 8.78 Å². The number of carbonyl (C=O) groups is 1. The van der Waals surface area contributed by atoms with Crippen molar-refractivity contribution in [3.63, 3.8) is 0 Å². The molecule has 0 N–H and O–H groups in total. The van der Waals surface area contributed by atoms with Gasteiger partial charge >= 0.3 is 5.97 Å². The summed E-state index contributed by atoms with van der Waals surface area (Å²) in [5, 5.41) is 0. The fourth-order valence-corrected chi connectivity index (χ4v) is 2.01. The summed E-state index contributed by atoms with van der Waals surface area (Å²) in [5.74, 6) is -2.95. The fraction of sp³-hybridized carbons (Fsp3) is 0.786. The Balaban J connectivity index is 2.25. The standard InChI is InChI=1S/C14H23F2NO2/c1-13(2,3)19-12(18)7-4-5-9-17-10-6-8-14(15,16)11-17/h4,7H,5-6,8-11H2,1-3H3/b7-4+. The highest BCUT2D eigenvalue weighted by Crippen LogP contribution is 2.26. The van der Waals surface area contributed by atoms with Gasteiger partial charge in [0.1, 0.15) is 5.60 Å². The van der Waals surface area contributed by atoms with Gasteiger partial charge in [0.2, 0.25) is 0 Å². The van der Waals surface area contributed by atoms with E-state index < -0.39 is 17.5 Å². The van der Waals surface area contributed by atoms with E-state index in [1.807, 2.05) is 0 Å². The van der Waals surface area contributed by atoms with Crippen LogP contribution in [0.3, 0.4) is 0 Å². The lowest BCUT2D eigenvalue weighted by molar-refractivity contribution is -0.148. The van der Waals surface area contributed by atoms with Crippen LogP contribution < -0.4 is 0 Å². The molecular weight excluding hydrogens is 252 g/mol. The zero-order valence-corrected chi connectivity index (χ0v) is 11.9. The Morgan fingerprint density at radius 2 is 2.11 bits per heavy atom. The number of rotatable bonds is 4. The number of likely N-dealkylation sites (tertiary alicyclic amines) is 1. The van der Waals surface area contributed by atoms with E-state index in [0.717, 1.165) is 0 Å². The molecule has 0 unspecified atom stereocenters. The van der Waals surface area contributed by atoms with Gasteiger partial charge in [0.25, 0.3) is 5.92 Å². The number of halogens is 2. The zero-order chi connectivity index (χ0) is 14.5. The first kappa shape index (κ1) is 16.1. The molecule has 1 heterocycles. The summed E-state index contributed by atoms with van der Waals surface area (Å²) in [4.78, 5) is 13.1. The van der Waals surface area contributed by atoms with Crippen LogP contribution >= 0.6 is 0 Å². The van der Waals surface area contributed by atoms with E-state index in [1.165, 1.54) is 6.08 Å². The van der Waals surface area contributed by atoms with Gasteiger partial charge in [0.05, 0.1) is 6.54 Å². The lowest BCUT2D eigenvalue weighted by atomic mass is 10.1. The minimum atomic E-state index is -2.56. The van der Waals surface area contributed by atoms with Gasteiger partial charge in [-0.25, -0.2) is 13.6 Å². The third-order valence-electron chi connectivity index (χ3n) is 2.74. The van der Waals surface area contributed by atoms with Crippen molar-refractivity contribution in [3.05, 3.63) is 12.2 Å². The molecule has 0 spiro atoms. The Hall–Kier alpha value is -0.970. The van der Waals surface area contributed by atoms with E-state index in [4.69, 9.17) is 4.74 Å². The molecule has 110 valence electrons. The number of carbonyl (C=O) groups excluding carboxylic acids is 1. The maximum Gasteiger partial charge on any atom is 0.330 e. The predicted octanol–water partition coefficient (Wildman–Crippen LogP) is 3.01. The van der Waals surface area contributed by atoms with Gasteiger partial charge < -0.3 is 4.74 Å². The SMILES string of the molecule is CC(C)(C)OC(=O)/C=C/CCN1CCCC(F)(F)C1. The van der Waals surface area contributed by atoms with Crippen LogP contribution in [0.15, 0.2) is 12.2 Å². The maximum absolute atomic E-state index is 13.1. The molecule has 0 radical (unpaired) electrons. The number of ether oxygens (including phenoxy) is 1. The average molecular weight is 275 g/mol. The van der Waals surface area contributed by atoms with Crippen molar-refractivity contribution in [1.29, 1.82) is 0 Å². The molecule has 0 aliphatic carbocycles. The molecule has 1 aliphatic rings. The van der Waals surface area contributed by atoms with Crippen molar-refractivity contribution in [2.45, 2.75) is 51.6 Å². The lowest BCUT2D eigenvalue weighted by Crippen LogP contribution is -2.42. The maximum atomic E-state index is 13.1. The molecule has 1 aliphatic heterocycles. The highest BCUT2D eigenvalue weighted by Gasteiger charge is 2.34. The van der Waals surface area contributed by atoms with Crippen LogP contribution in [0.5, 0.6) is 0 Å². The summed E-state index contributed by atoms with van der Waals surface area (Å²) in [7, 11) is 0. The molecular formula is C14H23F2NO2. The lowest BCUT2D eigenvalue weighted by Gasteiger charge is -2.32. The Kier molecular flexibility index (Phi) is 5.47. The third kappa shape index (κ3) is 7.25.